The van der Waals surface area contributed by atoms with Crippen LogP contribution in [0.2, 0.25) is 0 Å². The van der Waals surface area contributed by atoms with Crippen molar-refractivity contribution in [3.63, 3.8) is 0 Å². The second-order valence-corrected chi connectivity index (χ2v) is 15.8. The third kappa shape index (κ3) is 5.06. The molecule has 3 heterocycles. The van der Waals surface area contributed by atoms with Crippen molar-refractivity contribution in [2.75, 3.05) is 0 Å². The number of hydrogen-bond acceptors (Lipinski definition) is 1. The Morgan fingerprint density at radius 3 is 1.62 bits per heavy atom. The molecule has 274 valence electrons. The third-order valence-electron chi connectivity index (χ3n) is 12.4. The van der Waals surface area contributed by atoms with Crippen LogP contribution in [-0.4, -0.2) is 9.13 Å². The molecule has 0 saturated carbocycles. The van der Waals surface area contributed by atoms with Gasteiger partial charge in [-0.2, -0.15) is 0 Å². The van der Waals surface area contributed by atoms with E-state index in [2.05, 4.69) is 198 Å². The molecule has 12 rings (SSSR count). The van der Waals surface area contributed by atoms with Crippen molar-refractivity contribution in [2.45, 2.75) is 13.3 Å². The molecule has 3 aromatic heterocycles. The Morgan fingerprint density at radius 1 is 0.397 bits per heavy atom. The summed E-state index contributed by atoms with van der Waals surface area (Å²) in [7, 11) is 0. The van der Waals surface area contributed by atoms with Crippen LogP contribution < -0.4 is 0 Å². The van der Waals surface area contributed by atoms with Gasteiger partial charge < -0.3 is 13.6 Å². The first-order valence-corrected chi connectivity index (χ1v) is 20.2. The monoisotopic (exact) mass is 742 g/mol. The highest BCUT2D eigenvalue weighted by Gasteiger charge is 2.22. The van der Waals surface area contributed by atoms with E-state index < -0.39 is 0 Å². The molecule has 1 aliphatic carbocycles. The van der Waals surface area contributed by atoms with Crippen LogP contribution in [-0.2, 0) is 0 Å². The van der Waals surface area contributed by atoms with E-state index in [1.165, 1.54) is 82.7 Å². The molecule has 1 aliphatic rings. The molecule has 0 spiro atoms. The van der Waals surface area contributed by atoms with Crippen molar-refractivity contribution in [1.82, 2.24) is 9.13 Å². The molecule has 11 aromatic rings. The Morgan fingerprint density at radius 2 is 0.914 bits per heavy atom. The van der Waals surface area contributed by atoms with Crippen molar-refractivity contribution < 1.29 is 4.42 Å². The summed E-state index contributed by atoms with van der Waals surface area (Å²) in [6.45, 7) is 2.36. The van der Waals surface area contributed by atoms with Gasteiger partial charge in [-0.3, -0.25) is 0 Å². The van der Waals surface area contributed by atoms with Crippen LogP contribution in [0, 0.1) is 5.92 Å². The molecule has 3 nitrogen and oxygen atoms in total. The number of rotatable bonds is 5. The van der Waals surface area contributed by atoms with E-state index in [0.717, 1.165) is 34.0 Å². The minimum atomic E-state index is 0.377. The van der Waals surface area contributed by atoms with Gasteiger partial charge in [0.05, 0.1) is 22.1 Å². The van der Waals surface area contributed by atoms with E-state index in [9.17, 15) is 0 Å². The number of fused-ring (bicyclic) bond motifs is 9. The summed E-state index contributed by atoms with van der Waals surface area (Å²) in [4.78, 5) is 0. The van der Waals surface area contributed by atoms with Crippen LogP contribution in [0.5, 0.6) is 0 Å². The van der Waals surface area contributed by atoms with Crippen molar-refractivity contribution >= 4 is 76.8 Å². The fraction of sp³-hybridized carbons (Fsp3) is 0.0545. The minimum Gasteiger partial charge on any atom is -0.456 e. The molecule has 0 N–H and O–H groups in total. The first-order valence-electron chi connectivity index (χ1n) is 20.2. The summed E-state index contributed by atoms with van der Waals surface area (Å²) in [6, 6.07) is 66.2. The van der Waals surface area contributed by atoms with Gasteiger partial charge in [0.1, 0.15) is 11.2 Å². The summed E-state index contributed by atoms with van der Waals surface area (Å²) >= 11 is 0. The number of para-hydroxylation sites is 3. The number of benzene rings is 8. The van der Waals surface area contributed by atoms with Gasteiger partial charge in [-0.1, -0.05) is 128 Å². The molecule has 8 aromatic carbocycles. The predicted octanol–water partition coefficient (Wildman–Crippen LogP) is 15.1. The lowest BCUT2D eigenvalue weighted by Gasteiger charge is -2.24. The maximum absolute atomic E-state index is 6.10. The molecule has 0 aliphatic heterocycles. The zero-order valence-corrected chi connectivity index (χ0v) is 32.1. The van der Waals surface area contributed by atoms with Crippen molar-refractivity contribution in [1.29, 1.82) is 0 Å². The fourth-order valence-corrected chi connectivity index (χ4v) is 9.58. The molecule has 0 amide bonds. The summed E-state index contributed by atoms with van der Waals surface area (Å²) < 4.78 is 11.0. The molecular formula is C55H38N2O. The number of aromatic nitrogens is 2. The van der Waals surface area contributed by atoms with E-state index in [4.69, 9.17) is 4.42 Å². The Bertz CT molecular complexity index is 3480. The normalized spacial score (nSPS) is 14.6. The van der Waals surface area contributed by atoms with Gasteiger partial charge in [0.25, 0.3) is 0 Å². The van der Waals surface area contributed by atoms with Crippen LogP contribution in [0.4, 0.5) is 0 Å². The fourth-order valence-electron chi connectivity index (χ4n) is 9.58. The quantitative estimate of drug-likeness (QED) is 0.172. The second kappa shape index (κ2) is 12.8. The molecule has 0 bridgehead atoms. The Kier molecular flexibility index (Phi) is 7.27. The largest absolute Gasteiger partial charge is 0.456 e. The van der Waals surface area contributed by atoms with Gasteiger partial charge in [-0.05, 0) is 113 Å². The summed E-state index contributed by atoms with van der Waals surface area (Å²) in [5.74, 6) is 0.377. The van der Waals surface area contributed by atoms with Crippen LogP contribution in [0.1, 0.15) is 18.9 Å². The van der Waals surface area contributed by atoms with Gasteiger partial charge >= 0.3 is 0 Å². The lowest BCUT2D eigenvalue weighted by atomic mass is 9.88. The van der Waals surface area contributed by atoms with Gasteiger partial charge in [-0.15, -0.1) is 0 Å². The molecular weight excluding hydrogens is 705 g/mol. The second-order valence-electron chi connectivity index (χ2n) is 15.8. The smallest absolute Gasteiger partial charge is 0.135 e. The van der Waals surface area contributed by atoms with Crippen molar-refractivity contribution in [3.05, 3.63) is 200 Å². The summed E-state index contributed by atoms with van der Waals surface area (Å²) in [5.41, 5.74) is 16.7. The van der Waals surface area contributed by atoms with E-state index in [1.807, 2.05) is 12.1 Å². The lowest BCUT2D eigenvalue weighted by Crippen LogP contribution is -2.10. The van der Waals surface area contributed by atoms with Gasteiger partial charge in [-0.25, -0.2) is 0 Å². The zero-order valence-electron chi connectivity index (χ0n) is 32.1. The molecule has 0 radical (unpaired) electrons. The van der Waals surface area contributed by atoms with E-state index in [0.29, 0.717) is 5.92 Å². The number of allylic oxidation sites excluding steroid dienone is 4. The van der Waals surface area contributed by atoms with E-state index in [1.54, 1.807) is 0 Å². The Hall–Kier alpha value is -7.36. The standard InChI is InChI=1S/C55H38N2O/c1-35-31-38(36-11-3-2-4-12-36)21-27-49(35)57-51-17-9-6-14-44(51)47-33-41(23-29-53(47)57)40-22-28-52-46(32-40)43-13-5-8-16-50(43)56(52)42-25-19-37(20-26-42)39-24-30-55-48(34-39)45-15-7-10-18-54(45)58-55/h2-30,32-35H,31H2,1H3. The maximum atomic E-state index is 6.10. The van der Waals surface area contributed by atoms with Crippen molar-refractivity contribution in [2.24, 2.45) is 5.92 Å². The van der Waals surface area contributed by atoms with Crippen LogP contribution >= 0.6 is 0 Å². The van der Waals surface area contributed by atoms with Gasteiger partial charge in [0, 0.05) is 49.6 Å². The molecule has 1 unspecified atom stereocenters. The summed E-state index contributed by atoms with van der Waals surface area (Å²) in [6.07, 6.45) is 5.68. The van der Waals surface area contributed by atoms with E-state index >= 15 is 0 Å². The van der Waals surface area contributed by atoms with E-state index in [-0.39, 0.29) is 0 Å². The Balaban J connectivity index is 0.937. The van der Waals surface area contributed by atoms with Crippen LogP contribution in [0.3, 0.4) is 0 Å². The first kappa shape index (κ1) is 32.8. The topological polar surface area (TPSA) is 23.0 Å². The molecule has 3 heteroatoms. The average molecular weight is 743 g/mol. The van der Waals surface area contributed by atoms with Crippen LogP contribution in [0.15, 0.2) is 199 Å². The zero-order chi connectivity index (χ0) is 38.3. The highest BCUT2D eigenvalue weighted by molar-refractivity contribution is 6.13. The minimum absolute atomic E-state index is 0.377. The predicted molar refractivity (Wildman–Crippen MR) is 244 cm³/mol. The summed E-state index contributed by atoms with van der Waals surface area (Å²) in [5, 5.41) is 7.35. The molecule has 0 saturated heterocycles. The van der Waals surface area contributed by atoms with Crippen LogP contribution in [0.25, 0.3) is 105 Å². The average Bonchev–Trinajstić information content (AvgIpc) is 3.94. The highest BCUT2D eigenvalue weighted by Crippen LogP contribution is 2.42. The van der Waals surface area contributed by atoms with Gasteiger partial charge in [0.2, 0.25) is 0 Å². The molecule has 0 fully saturated rings. The highest BCUT2D eigenvalue weighted by atomic mass is 16.3. The third-order valence-corrected chi connectivity index (χ3v) is 12.4. The maximum Gasteiger partial charge on any atom is 0.135 e. The van der Waals surface area contributed by atoms with Crippen molar-refractivity contribution in [3.8, 4) is 27.9 Å². The number of nitrogens with zero attached hydrogens (tertiary/aromatic N) is 2. The first-order chi connectivity index (χ1) is 28.7. The lowest BCUT2D eigenvalue weighted by molar-refractivity contribution is 0.669. The number of hydrogen-bond donors (Lipinski definition) is 0. The van der Waals surface area contributed by atoms with Gasteiger partial charge in [0.15, 0.2) is 0 Å². The SMILES string of the molecule is CC1CC(c2ccccc2)=CC=C1n1c2ccccc2c2cc(-c3ccc4c(c3)c3ccccc3n4-c3ccc(-c4ccc5oc6ccccc6c5c4)cc3)ccc21. The molecule has 1 atom stereocenters. The Labute approximate surface area is 336 Å². The number of furan rings is 1. The molecule has 58 heavy (non-hydrogen) atoms.